The van der Waals surface area contributed by atoms with Crippen LogP contribution >= 0.6 is 12.2 Å². The summed E-state index contributed by atoms with van der Waals surface area (Å²) in [7, 11) is 1.68. The van der Waals surface area contributed by atoms with E-state index in [1.165, 1.54) is 36.8 Å². The van der Waals surface area contributed by atoms with Crippen LogP contribution in [-0.2, 0) is 13.1 Å². The third-order valence-corrected chi connectivity index (χ3v) is 5.11. The lowest BCUT2D eigenvalue weighted by Gasteiger charge is -2.32. The molecule has 1 saturated carbocycles. The fourth-order valence-corrected chi connectivity index (χ4v) is 3.58. The first kappa shape index (κ1) is 17.7. The fourth-order valence-electron chi connectivity index (χ4n) is 3.29. The van der Waals surface area contributed by atoms with Gasteiger partial charge in [0.1, 0.15) is 5.75 Å². The van der Waals surface area contributed by atoms with Crippen molar-refractivity contribution in [2.24, 2.45) is 0 Å². The van der Waals surface area contributed by atoms with Gasteiger partial charge in [-0.05, 0) is 60.5 Å². The standard InChI is InChI=1S/C20H25N3OS/c1-24-19-8-6-16(7-9-19)14-22-20(25)23(18-4-2-3-5-18)15-17-10-12-21-13-11-17/h6-13,18H,2-5,14-15H2,1H3,(H,22,25). The summed E-state index contributed by atoms with van der Waals surface area (Å²) >= 11 is 5.73. The molecular weight excluding hydrogens is 330 g/mol. The second kappa shape index (κ2) is 8.81. The molecule has 1 aromatic heterocycles. The predicted molar refractivity (Wildman–Crippen MR) is 104 cm³/mol. The van der Waals surface area contributed by atoms with Gasteiger partial charge in [0.05, 0.1) is 7.11 Å². The molecule has 4 nitrogen and oxygen atoms in total. The van der Waals surface area contributed by atoms with Gasteiger partial charge < -0.3 is 15.0 Å². The molecule has 0 unspecified atom stereocenters. The van der Waals surface area contributed by atoms with E-state index in [9.17, 15) is 0 Å². The van der Waals surface area contributed by atoms with Gasteiger partial charge in [0, 0.05) is 31.5 Å². The Hall–Kier alpha value is -2.14. The van der Waals surface area contributed by atoms with Crippen LogP contribution in [0.1, 0.15) is 36.8 Å². The van der Waals surface area contributed by atoms with E-state index in [1.807, 2.05) is 24.5 Å². The van der Waals surface area contributed by atoms with E-state index in [2.05, 4.69) is 39.5 Å². The molecular formula is C20H25N3OS. The average molecular weight is 356 g/mol. The third kappa shape index (κ3) is 4.92. The van der Waals surface area contributed by atoms with Crippen molar-refractivity contribution in [3.05, 3.63) is 59.9 Å². The molecule has 1 aromatic carbocycles. The maximum absolute atomic E-state index is 5.73. The predicted octanol–water partition coefficient (Wildman–Crippen LogP) is 3.91. The number of nitrogens with one attached hydrogen (secondary N) is 1. The molecule has 0 radical (unpaired) electrons. The Morgan fingerprint density at radius 3 is 2.44 bits per heavy atom. The van der Waals surface area contributed by atoms with Crippen LogP contribution in [0.4, 0.5) is 0 Å². The lowest BCUT2D eigenvalue weighted by Crippen LogP contribution is -2.44. The summed E-state index contributed by atoms with van der Waals surface area (Å²) in [6.07, 6.45) is 8.70. The molecule has 25 heavy (non-hydrogen) atoms. The minimum absolute atomic E-state index is 0.532. The van der Waals surface area contributed by atoms with Crippen molar-refractivity contribution < 1.29 is 4.74 Å². The number of nitrogens with zero attached hydrogens (tertiary/aromatic N) is 2. The molecule has 1 aliphatic carbocycles. The van der Waals surface area contributed by atoms with Crippen molar-refractivity contribution >= 4 is 17.3 Å². The van der Waals surface area contributed by atoms with Crippen molar-refractivity contribution in [3.63, 3.8) is 0 Å². The van der Waals surface area contributed by atoms with Gasteiger partial charge >= 0.3 is 0 Å². The second-order valence-corrected chi connectivity index (χ2v) is 6.82. The molecule has 0 bridgehead atoms. The number of rotatable bonds is 6. The highest BCUT2D eigenvalue weighted by atomic mass is 32.1. The Morgan fingerprint density at radius 1 is 1.12 bits per heavy atom. The van der Waals surface area contributed by atoms with Gasteiger partial charge in [-0.25, -0.2) is 0 Å². The zero-order chi connectivity index (χ0) is 17.5. The largest absolute Gasteiger partial charge is 0.497 e. The summed E-state index contributed by atoms with van der Waals surface area (Å²) in [5.74, 6) is 0.872. The second-order valence-electron chi connectivity index (χ2n) is 6.43. The molecule has 1 aliphatic rings. The van der Waals surface area contributed by atoms with Gasteiger partial charge in [-0.1, -0.05) is 25.0 Å². The number of hydrogen-bond acceptors (Lipinski definition) is 3. The molecule has 3 rings (SSSR count). The Morgan fingerprint density at radius 2 is 1.80 bits per heavy atom. The number of thiocarbonyl (C=S) groups is 1. The van der Waals surface area contributed by atoms with E-state index in [0.717, 1.165) is 24.0 Å². The fraction of sp³-hybridized carbons (Fsp3) is 0.400. The van der Waals surface area contributed by atoms with E-state index in [1.54, 1.807) is 7.11 Å². The summed E-state index contributed by atoms with van der Waals surface area (Å²) in [5.41, 5.74) is 2.44. The maximum Gasteiger partial charge on any atom is 0.169 e. The van der Waals surface area contributed by atoms with Crippen LogP contribution in [0.5, 0.6) is 5.75 Å². The summed E-state index contributed by atoms with van der Waals surface area (Å²) in [5, 5.41) is 4.27. The lowest BCUT2D eigenvalue weighted by atomic mass is 10.1. The highest BCUT2D eigenvalue weighted by Gasteiger charge is 2.24. The van der Waals surface area contributed by atoms with E-state index in [0.29, 0.717) is 6.04 Å². The zero-order valence-corrected chi connectivity index (χ0v) is 15.5. The molecule has 0 atom stereocenters. The van der Waals surface area contributed by atoms with Gasteiger partial charge in [-0.2, -0.15) is 0 Å². The van der Waals surface area contributed by atoms with Crippen LogP contribution in [0.2, 0.25) is 0 Å². The Labute approximate surface area is 155 Å². The smallest absolute Gasteiger partial charge is 0.169 e. The Bertz CT molecular complexity index is 669. The topological polar surface area (TPSA) is 37.4 Å². The summed E-state index contributed by atoms with van der Waals surface area (Å²) in [6, 6.07) is 12.7. The number of hydrogen-bond donors (Lipinski definition) is 1. The highest BCUT2D eigenvalue weighted by molar-refractivity contribution is 7.80. The molecule has 1 N–H and O–H groups in total. The third-order valence-electron chi connectivity index (χ3n) is 4.73. The lowest BCUT2D eigenvalue weighted by molar-refractivity contribution is 0.303. The number of benzene rings is 1. The molecule has 0 spiro atoms. The first-order chi connectivity index (χ1) is 12.3. The average Bonchev–Trinajstić information content (AvgIpc) is 3.20. The van der Waals surface area contributed by atoms with Crippen LogP contribution in [0.15, 0.2) is 48.8 Å². The van der Waals surface area contributed by atoms with Crippen molar-refractivity contribution in [1.29, 1.82) is 0 Å². The molecule has 1 fully saturated rings. The van der Waals surface area contributed by atoms with Gasteiger partial charge in [0.15, 0.2) is 5.11 Å². The van der Waals surface area contributed by atoms with Gasteiger partial charge in [-0.15, -0.1) is 0 Å². The molecule has 5 heteroatoms. The molecule has 1 heterocycles. The van der Waals surface area contributed by atoms with Crippen LogP contribution < -0.4 is 10.1 Å². The SMILES string of the molecule is COc1ccc(CNC(=S)N(Cc2ccncc2)C2CCCC2)cc1. The maximum atomic E-state index is 5.73. The normalized spacial score (nSPS) is 14.3. The number of ether oxygens (including phenoxy) is 1. The van der Waals surface area contributed by atoms with E-state index < -0.39 is 0 Å². The number of aromatic nitrogens is 1. The van der Waals surface area contributed by atoms with Gasteiger partial charge in [0.2, 0.25) is 0 Å². The quantitative estimate of drug-likeness (QED) is 0.795. The number of methoxy groups -OCH3 is 1. The van der Waals surface area contributed by atoms with Crippen LogP contribution in [0, 0.1) is 0 Å². The van der Waals surface area contributed by atoms with Gasteiger partial charge in [0.25, 0.3) is 0 Å². The minimum Gasteiger partial charge on any atom is -0.497 e. The minimum atomic E-state index is 0.532. The van der Waals surface area contributed by atoms with Crippen molar-refractivity contribution in [1.82, 2.24) is 15.2 Å². The Kier molecular flexibility index (Phi) is 6.23. The first-order valence-electron chi connectivity index (χ1n) is 8.82. The van der Waals surface area contributed by atoms with Crippen LogP contribution in [-0.4, -0.2) is 28.1 Å². The van der Waals surface area contributed by atoms with E-state index in [4.69, 9.17) is 17.0 Å². The van der Waals surface area contributed by atoms with Crippen molar-refractivity contribution in [2.45, 2.75) is 44.8 Å². The van der Waals surface area contributed by atoms with E-state index in [-0.39, 0.29) is 0 Å². The van der Waals surface area contributed by atoms with Crippen molar-refractivity contribution in [3.8, 4) is 5.75 Å². The number of pyridine rings is 1. The van der Waals surface area contributed by atoms with Crippen LogP contribution in [0.3, 0.4) is 0 Å². The van der Waals surface area contributed by atoms with Crippen molar-refractivity contribution in [2.75, 3.05) is 7.11 Å². The summed E-state index contributed by atoms with van der Waals surface area (Å²) in [6.45, 7) is 1.56. The molecule has 2 aromatic rings. The molecule has 0 saturated heterocycles. The first-order valence-corrected chi connectivity index (χ1v) is 9.23. The summed E-state index contributed by atoms with van der Waals surface area (Å²) < 4.78 is 5.21. The molecule has 132 valence electrons. The van der Waals surface area contributed by atoms with Gasteiger partial charge in [-0.3, -0.25) is 4.98 Å². The molecule has 0 aliphatic heterocycles. The highest BCUT2D eigenvalue weighted by Crippen LogP contribution is 2.25. The summed E-state index contributed by atoms with van der Waals surface area (Å²) in [4.78, 5) is 6.46. The Balaban J connectivity index is 1.63. The van der Waals surface area contributed by atoms with E-state index >= 15 is 0 Å². The monoisotopic (exact) mass is 355 g/mol. The van der Waals surface area contributed by atoms with Crippen LogP contribution in [0.25, 0.3) is 0 Å². The molecule has 0 amide bonds. The zero-order valence-electron chi connectivity index (χ0n) is 14.6.